The van der Waals surface area contributed by atoms with E-state index in [9.17, 15) is 33.4 Å². The molecular weight excluding hydrogens is 549 g/mol. The smallest absolute Gasteiger partial charge is 0.323 e. The van der Waals surface area contributed by atoms with E-state index in [1.165, 1.54) is 19.1 Å². The minimum absolute atomic E-state index is 0.207. The van der Waals surface area contributed by atoms with Gasteiger partial charge in [0, 0.05) is 6.20 Å². The summed E-state index contributed by atoms with van der Waals surface area (Å²) in [6.45, 7) is -0.198. The number of aliphatic hydroxyl groups excluding tert-OH is 2. The van der Waals surface area contributed by atoms with Gasteiger partial charge in [-0.15, -0.1) is 0 Å². The normalized spacial score (nSPS) is 28.0. The topological polar surface area (TPSA) is 144 Å². The largest absolute Gasteiger partial charge is 0.462 e. The Morgan fingerprint density at radius 1 is 1.26 bits per heavy atom. The summed E-state index contributed by atoms with van der Waals surface area (Å²) in [6, 6.07) is 6.95. The lowest BCUT2D eigenvalue weighted by atomic mass is 9.96. The van der Waals surface area contributed by atoms with Crippen LogP contribution in [0.5, 0.6) is 5.75 Å². The zero-order chi connectivity index (χ0) is 28.3. The van der Waals surface area contributed by atoms with Crippen molar-refractivity contribution < 1.29 is 51.9 Å². The van der Waals surface area contributed by atoms with E-state index < -0.39 is 79.9 Å². The molecule has 1 unspecified atom stereocenters. The van der Waals surface area contributed by atoms with Crippen LogP contribution in [0, 0.1) is 0 Å². The Labute approximate surface area is 222 Å². The highest BCUT2D eigenvalue weighted by atomic mass is 32.5. The van der Waals surface area contributed by atoms with E-state index >= 15 is 0 Å². The number of carbonyl (C=O) groups is 3. The standard InChI is InChI=1S/C23H29F2N2O9PS/c1-13(2)34-21(32)14(3)26-37(38,36-16-7-5-4-6-8-16)33-12-23(22(24)25)19(31)18(30)20(35-23)27-10-9-15(28)11-17(27)29/h4-10,13-14,18-20,22,30-31H,11-12H2,1-3H3,(H,26,38)/t14-,18+,19-,20+,23+,37?/m0/s1. The number of carbonyl (C=O) groups excluding carboxylic acids is 3. The second-order valence-electron chi connectivity index (χ2n) is 8.97. The van der Waals surface area contributed by atoms with Gasteiger partial charge in [0.1, 0.15) is 24.0 Å². The third kappa shape index (κ3) is 6.81. The first-order valence-electron chi connectivity index (χ1n) is 11.6. The molecule has 1 aromatic carbocycles. The molecule has 2 aliphatic rings. The van der Waals surface area contributed by atoms with Gasteiger partial charge in [-0.1, -0.05) is 18.2 Å². The summed E-state index contributed by atoms with van der Waals surface area (Å²) >= 11 is 5.51. The highest BCUT2D eigenvalue weighted by molar-refractivity contribution is 8.09. The summed E-state index contributed by atoms with van der Waals surface area (Å²) in [5, 5.41) is 23.9. The highest BCUT2D eigenvalue weighted by Crippen LogP contribution is 2.48. The van der Waals surface area contributed by atoms with Gasteiger partial charge < -0.3 is 28.7 Å². The number of hydrogen-bond donors (Lipinski definition) is 3. The zero-order valence-electron chi connectivity index (χ0n) is 20.7. The Morgan fingerprint density at radius 2 is 1.92 bits per heavy atom. The van der Waals surface area contributed by atoms with E-state index in [1.807, 2.05) is 0 Å². The van der Waals surface area contributed by atoms with Crippen molar-refractivity contribution in [3.8, 4) is 5.75 Å². The molecule has 0 aromatic heterocycles. The van der Waals surface area contributed by atoms with Crippen LogP contribution in [0.25, 0.3) is 0 Å². The van der Waals surface area contributed by atoms with E-state index in [1.54, 1.807) is 32.0 Å². The number of rotatable bonds is 11. The first-order valence-corrected chi connectivity index (χ1v) is 14.2. The fraction of sp³-hybridized carbons (Fsp3) is 0.522. The molecule has 1 aromatic rings. The van der Waals surface area contributed by atoms with Gasteiger partial charge in [-0.05, 0) is 50.8 Å². The van der Waals surface area contributed by atoms with Crippen LogP contribution in [0.3, 0.4) is 0 Å². The summed E-state index contributed by atoms with van der Waals surface area (Å²) in [5.41, 5.74) is -2.84. The van der Waals surface area contributed by atoms with E-state index in [0.717, 1.165) is 17.2 Å². The molecule has 1 fully saturated rings. The van der Waals surface area contributed by atoms with Gasteiger partial charge >= 0.3 is 12.6 Å². The molecule has 15 heteroatoms. The fourth-order valence-corrected chi connectivity index (χ4v) is 6.11. The van der Waals surface area contributed by atoms with Gasteiger partial charge in [0.05, 0.1) is 19.1 Å². The number of para-hydroxylation sites is 1. The van der Waals surface area contributed by atoms with Gasteiger partial charge in [0.15, 0.2) is 17.6 Å². The third-order valence-electron chi connectivity index (χ3n) is 5.62. The first-order chi connectivity index (χ1) is 17.8. The molecule has 3 N–H and O–H groups in total. The number of ether oxygens (including phenoxy) is 2. The molecular formula is C23H29F2N2O9PS. The van der Waals surface area contributed by atoms with Crippen LogP contribution in [0.15, 0.2) is 42.6 Å². The summed E-state index contributed by atoms with van der Waals surface area (Å²) in [4.78, 5) is 36.9. The Balaban J connectivity index is 1.87. The van der Waals surface area contributed by atoms with Crippen molar-refractivity contribution in [1.82, 2.24) is 9.99 Å². The van der Waals surface area contributed by atoms with Crippen molar-refractivity contribution in [1.29, 1.82) is 0 Å². The van der Waals surface area contributed by atoms with Crippen LogP contribution in [0.4, 0.5) is 8.78 Å². The predicted molar refractivity (Wildman–Crippen MR) is 132 cm³/mol. The maximum atomic E-state index is 14.4. The van der Waals surface area contributed by atoms with E-state index in [-0.39, 0.29) is 5.75 Å². The van der Waals surface area contributed by atoms with Crippen molar-refractivity contribution in [2.45, 2.75) is 69.8 Å². The highest BCUT2D eigenvalue weighted by Gasteiger charge is 2.62. The quantitative estimate of drug-likeness (QED) is 0.200. The average molecular weight is 579 g/mol. The molecule has 0 saturated carbocycles. The summed E-state index contributed by atoms with van der Waals surface area (Å²) in [6.07, 6.45) is -8.35. The number of aliphatic hydroxyl groups is 2. The van der Waals surface area contributed by atoms with Gasteiger partial charge in [0.2, 0.25) is 5.91 Å². The summed E-state index contributed by atoms with van der Waals surface area (Å²) in [5.74, 6) is -1.82. The van der Waals surface area contributed by atoms with Crippen LogP contribution < -0.4 is 9.61 Å². The number of benzene rings is 1. The Kier molecular flexibility index (Phi) is 9.74. The molecule has 38 heavy (non-hydrogen) atoms. The lowest BCUT2D eigenvalue weighted by Crippen LogP contribution is -2.53. The molecule has 210 valence electrons. The van der Waals surface area contributed by atoms with Crippen molar-refractivity contribution >= 4 is 36.1 Å². The number of nitrogens with one attached hydrogen (secondary N) is 1. The average Bonchev–Trinajstić information content (AvgIpc) is 3.09. The molecule has 2 aliphatic heterocycles. The number of halogens is 2. The number of ketones is 1. The predicted octanol–water partition coefficient (Wildman–Crippen LogP) is 1.63. The fourth-order valence-electron chi connectivity index (χ4n) is 3.69. The Bertz CT molecular complexity index is 1110. The van der Waals surface area contributed by atoms with Gasteiger partial charge in [-0.25, -0.2) is 13.9 Å². The van der Waals surface area contributed by atoms with E-state index in [2.05, 4.69) is 5.09 Å². The lowest BCUT2D eigenvalue weighted by Gasteiger charge is -2.34. The maximum absolute atomic E-state index is 14.4. The minimum Gasteiger partial charge on any atom is -0.462 e. The Hall–Kier alpha value is -2.32. The molecule has 6 atom stereocenters. The maximum Gasteiger partial charge on any atom is 0.323 e. The van der Waals surface area contributed by atoms with Crippen LogP contribution in [0.1, 0.15) is 27.2 Å². The van der Waals surface area contributed by atoms with E-state index in [0.29, 0.717) is 0 Å². The number of allylic oxidation sites excluding steroid dienone is 1. The SMILES string of the molecule is CC(C)OC(=O)[C@H](C)NP(=S)(OC[C@@]1(C(F)F)O[C@@H](N2C=CC(=O)CC2=O)[C@H](O)[C@@H]1O)Oc1ccccc1. The lowest BCUT2D eigenvalue weighted by molar-refractivity contribution is -0.199. The number of amides is 1. The second kappa shape index (κ2) is 12.2. The van der Waals surface area contributed by atoms with Gasteiger partial charge in [-0.3, -0.25) is 19.3 Å². The molecule has 2 heterocycles. The number of nitrogens with zero attached hydrogens (tertiary/aromatic N) is 1. The number of alkyl halides is 2. The molecule has 0 radical (unpaired) electrons. The van der Waals surface area contributed by atoms with Gasteiger partial charge in [0.25, 0.3) is 6.43 Å². The second-order valence-corrected chi connectivity index (χ2v) is 12.1. The first kappa shape index (κ1) is 30.2. The molecule has 0 spiro atoms. The van der Waals surface area contributed by atoms with Crippen LogP contribution in [-0.4, -0.2) is 82.0 Å². The van der Waals surface area contributed by atoms with Crippen molar-refractivity contribution in [2.75, 3.05) is 6.61 Å². The van der Waals surface area contributed by atoms with Crippen molar-refractivity contribution in [3.05, 3.63) is 42.6 Å². The molecule has 3 rings (SSSR count). The molecule has 0 bridgehead atoms. The molecule has 1 saturated heterocycles. The van der Waals surface area contributed by atoms with Crippen molar-refractivity contribution in [2.24, 2.45) is 0 Å². The summed E-state index contributed by atoms with van der Waals surface area (Å²) in [7, 11) is 0. The van der Waals surface area contributed by atoms with E-state index in [4.69, 9.17) is 30.3 Å². The Morgan fingerprint density at radius 3 is 2.50 bits per heavy atom. The van der Waals surface area contributed by atoms with Crippen LogP contribution >= 0.6 is 6.64 Å². The monoisotopic (exact) mass is 578 g/mol. The molecule has 11 nitrogen and oxygen atoms in total. The minimum atomic E-state index is -3.81. The molecule has 0 aliphatic carbocycles. The number of hydrogen-bond acceptors (Lipinski definition) is 10. The third-order valence-corrected chi connectivity index (χ3v) is 8.10. The summed E-state index contributed by atoms with van der Waals surface area (Å²) < 4.78 is 50.8. The number of esters is 1. The van der Waals surface area contributed by atoms with Crippen LogP contribution in [-0.2, 0) is 40.2 Å². The van der Waals surface area contributed by atoms with Gasteiger partial charge in [-0.2, -0.15) is 0 Å². The zero-order valence-corrected chi connectivity index (χ0v) is 22.4. The van der Waals surface area contributed by atoms with Crippen molar-refractivity contribution in [3.63, 3.8) is 0 Å². The molecule has 1 amide bonds. The van der Waals surface area contributed by atoms with Crippen LogP contribution in [0.2, 0.25) is 0 Å².